The number of nitrogens with one attached hydrogen (secondary N) is 1. The first-order valence-electron chi connectivity index (χ1n) is 8.85. The summed E-state index contributed by atoms with van der Waals surface area (Å²) in [4.78, 5) is 24.7. The first-order valence-corrected chi connectivity index (χ1v) is 8.85. The van der Waals surface area contributed by atoms with Gasteiger partial charge in [-0.3, -0.25) is 10.3 Å². The highest BCUT2D eigenvalue weighted by molar-refractivity contribution is 5.84. The van der Waals surface area contributed by atoms with Crippen molar-refractivity contribution in [1.82, 2.24) is 15.0 Å². The Labute approximate surface area is 164 Å². The Morgan fingerprint density at radius 3 is 2.57 bits per heavy atom. The number of benzene rings is 1. The second kappa shape index (κ2) is 7.64. The maximum Gasteiger partial charge on any atom is 0.413 e. The summed E-state index contributed by atoms with van der Waals surface area (Å²) >= 11 is 0. The van der Waals surface area contributed by atoms with Crippen LogP contribution in [0, 0.1) is 6.92 Å². The van der Waals surface area contributed by atoms with Crippen LogP contribution < -0.4 is 11.1 Å². The van der Waals surface area contributed by atoms with Crippen LogP contribution in [0.3, 0.4) is 0 Å². The van der Waals surface area contributed by atoms with Crippen LogP contribution in [-0.2, 0) is 4.74 Å². The van der Waals surface area contributed by atoms with Crippen LogP contribution in [0.2, 0.25) is 0 Å². The molecule has 144 valence electrons. The number of nitrogens with two attached hydrogens (primary N) is 1. The summed E-state index contributed by atoms with van der Waals surface area (Å²) < 4.78 is 5.25. The summed E-state index contributed by atoms with van der Waals surface area (Å²) in [7, 11) is 0. The summed E-state index contributed by atoms with van der Waals surface area (Å²) in [6.07, 6.45) is 4.32. The maximum absolute atomic E-state index is 12.0. The predicted octanol–water partition coefficient (Wildman–Crippen LogP) is 4.44. The zero-order valence-corrected chi connectivity index (χ0v) is 16.4. The van der Waals surface area contributed by atoms with E-state index in [0.29, 0.717) is 17.2 Å². The summed E-state index contributed by atoms with van der Waals surface area (Å²) in [5, 5.41) is 2.62. The van der Waals surface area contributed by atoms with Crippen LogP contribution in [0.1, 0.15) is 26.3 Å². The molecule has 0 radical (unpaired) electrons. The van der Waals surface area contributed by atoms with E-state index in [4.69, 9.17) is 10.5 Å². The number of aromatic nitrogens is 3. The third-order valence-electron chi connectivity index (χ3n) is 3.90. The molecule has 2 aromatic heterocycles. The van der Waals surface area contributed by atoms with E-state index in [9.17, 15) is 4.79 Å². The number of nitrogens with zero attached hydrogens (tertiary/aromatic N) is 3. The number of carbonyl (C=O) groups excluding carboxylic acids is 1. The summed E-state index contributed by atoms with van der Waals surface area (Å²) in [6, 6.07) is 9.43. The molecule has 0 atom stereocenters. The minimum atomic E-state index is -0.590. The van der Waals surface area contributed by atoms with Gasteiger partial charge in [-0.25, -0.2) is 14.8 Å². The molecule has 0 unspecified atom stereocenters. The molecule has 0 spiro atoms. The molecule has 1 amide bonds. The molecule has 0 aliphatic heterocycles. The fraction of sp³-hybridized carbons (Fsp3) is 0.238. The SMILES string of the molecule is Cc1ccc(N)cc1-c1cncc(-c2cc(NC(=O)OC(C)(C)C)ncn2)c1. The Hall–Kier alpha value is -3.48. The van der Waals surface area contributed by atoms with Crippen molar-refractivity contribution in [2.24, 2.45) is 0 Å². The van der Waals surface area contributed by atoms with Gasteiger partial charge >= 0.3 is 6.09 Å². The maximum atomic E-state index is 12.0. The van der Waals surface area contributed by atoms with Gasteiger partial charge in [0.2, 0.25) is 0 Å². The van der Waals surface area contributed by atoms with E-state index >= 15 is 0 Å². The molecular weight excluding hydrogens is 354 g/mol. The van der Waals surface area contributed by atoms with Gasteiger partial charge in [0.25, 0.3) is 0 Å². The third kappa shape index (κ3) is 4.82. The molecule has 0 fully saturated rings. The van der Waals surface area contributed by atoms with Crippen LogP contribution >= 0.6 is 0 Å². The number of hydrogen-bond donors (Lipinski definition) is 2. The van der Waals surface area contributed by atoms with Gasteiger partial charge in [0.1, 0.15) is 17.7 Å². The van der Waals surface area contributed by atoms with E-state index < -0.39 is 11.7 Å². The number of hydrogen-bond acceptors (Lipinski definition) is 6. The van der Waals surface area contributed by atoms with Crippen molar-refractivity contribution in [2.75, 3.05) is 11.1 Å². The average molecular weight is 377 g/mol. The molecule has 7 heteroatoms. The zero-order valence-electron chi connectivity index (χ0n) is 16.4. The Balaban J connectivity index is 1.88. The number of amides is 1. The van der Waals surface area contributed by atoms with Gasteiger partial charge in [0.15, 0.2) is 0 Å². The number of ether oxygens (including phenoxy) is 1. The Bertz CT molecular complexity index is 1010. The molecular formula is C21H23N5O2. The van der Waals surface area contributed by atoms with Crippen LogP contribution in [0.5, 0.6) is 0 Å². The van der Waals surface area contributed by atoms with E-state index in [2.05, 4.69) is 20.3 Å². The number of anilines is 2. The molecule has 0 aliphatic carbocycles. The minimum Gasteiger partial charge on any atom is -0.444 e. The van der Waals surface area contributed by atoms with Crippen molar-refractivity contribution in [3.8, 4) is 22.4 Å². The van der Waals surface area contributed by atoms with Crippen LogP contribution in [0.4, 0.5) is 16.3 Å². The first kappa shape index (κ1) is 19.3. The minimum absolute atomic E-state index is 0.352. The van der Waals surface area contributed by atoms with E-state index in [1.807, 2.05) is 31.2 Å². The van der Waals surface area contributed by atoms with Gasteiger partial charge in [0.05, 0.1) is 5.69 Å². The standard InChI is InChI=1S/C21H23N5O2/c1-13-5-6-16(22)8-17(13)14-7-15(11-23-10-14)18-9-19(25-12-24-18)26-20(27)28-21(2,3)4/h5-12H,22H2,1-4H3,(H,24,25,26,27). The highest BCUT2D eigenvalue weighted by Gasteiger charge is 2.17. The Kier molecular flexibility index (Phi) is 5.26. The Morgan fingerprint density at radius 2 is 1.82 bits per heavy atom. The highest BCUT2D eigenvalue weighted by atomic mass is 16.6. The van der Waals surface area contributed by atoms with Crippen LogP contribution in [0.15, 0.2) is 49.1 Å². The summed E-state index contributed by atoms with van der Waals surface area (Å²) in [5.74, 6) is 0.352. The smallest absolute Gasteiger partial charge is 0.413 e. The van der Waals surface area contributed by atoms with Crippen molar-refractivity contribution in [1.29, 1.82) is 0 Å². The number of carbonyl (C=O) groups is 1. The van der Waals surface area contributed by atoms with E-state index in [-0.39, 0.29) is 0 Å². The van der Waals surface area contributed by atoms with Crippen molar-refractivity contribution in [2.45, 2.75) is 33.3 Å². The molecule has 0 bridgehead atoms. The fourth-order valence-electron chi connectivity index (χ4n) is 2.67. The number of pyridine rings is 1. The molecule has 3 aromatic rings. The molecule has 0 saturated heterocycles. The molecule has 1 aromatic carbocycles. The highest BCUT2D eigenvalue weighted by Crippen LogP contribution is 2.28. The van der Waals surface area contributed by atoms with Gasteiger partial charge in [0, 0.05) is 35.3 Å². The number of nitrogen functional groups attached to an aromatic ring is 1. The monoisotopic (exact) mass is 377 g/mol. The molecule has 28 heavy (non-hydrogen) atoms. The predicted molar refractivity (Wildman–Crippen MR) is 110 cm³/mol. The lowest BCUT2D eigenvalue weighted by Crippen LogP contribution is -2.27. The number of aryl methyl sites for hydroxylation is 1. The van der Waals surface area contributed by atoms with E-state index in [0.717, 1.165) is 22.3 Å². The zero-order chi connectivity index (χ0) is 20.3. The summed E-state index contributed by atoms with van der Waals surface area (Å²) in [6.45, 7) is 7.42. The molecule has 0 saturated carbocycles. The Morgan fingerprint density at radius 1 is 1.07 bits per heavy atom. The van der Waals surface area contributed by atoms with Gasteiger partial charge in [-0.1, -0.05) is 6.07 Å². The van der Waals surface area contributed by atoms with Crippen LogP contribution in [0.25, 0.3) is 22.4 Å². The fourth-order valence-corrected chi connectivity index (χ4v) is 2.67. The van der Waals surface area contributed by atoms with E-state index in [1.165, 1.54) is 6.33 Å². The molecule has 2 heterocycles. The van der Waals surface area contributed by atoms with Gasteiger partial charge < -0.3 is 10.5 Å². The second-order valence-corrected chi connectivity index (χ2v) is 7.45. The third-order valence-corrected chi connectivity index (χ3v) is 3.90. The lowest BCUT2D eigenvalue weighted by atomic mass is 9.99. The normalized spacial score (nSPS) is 11.1. The quantitative estimate of drug-likeness (QED) is 0.654. The largest absolute Gasteiger partial charge is 0.444 e. The molecule has 0 aliphatic rings. The molecule has 7 nitrogen and oxygen atoms in total. The van der Waals surface area contributed by atoms with Crippen molar-refractivity contribution in [3.05, 3.63) is 54.6 Å². The van der Waals surface area contributed by atoms with Crippen molar-refractivity contribution in [3.63, 3.8) is 0 Å². The van der Waals surface area contributed by atoms with Gasteiger partial charge in [-0.15, -0.1) is 0 Å². The number of rotatable bonds is 3. The van der Waals surface area contributed by atoms with Gasteiger partial charge in [-0.2, -0.15) is 0 Å². The lowest BCUT2D eigenvalue weighted by Gasteiger charge is -2.19. The van der Waals surface area contributed by atoms with Crippen molar-refractivity contribution >= 4 is 17.6 Å². The van der Waals surface area contributed by atoms with Crippen molar-refractivity contribution < 1.29 is 9.53 Å². The first-order chi connectivity index (χ1) is 13.2. The summed E-state index contributed by atoms with van der Waals surface area (Å²) in [5.41, 5.74) is 10.5. The lowest BCUT2D eigenvalue weighted by molar-refractivity contribution is 0.0635. The second-order valence-electron chi connectivity index (χ2n) is 7.45. The molecule has 3 rings (SSSR count). The van der Waals surface area contributed by atoms with Crippen LogP contribution in [-0.4, -0.2) is 26.6 Å². The topological polar surface area (TPSA) is 103 Å². The van der Waals surface area contributed by atoms with Gasteiger partial charge in [-0.05, 0) is 57.0 Å². The molecule has 3 N–H and O–H groups in total. The van der Waals surface area contributed by atoms with E-state index in [1.54, 1.807) is 39.2 Å². The average Bonchev–Trinajstić information content (AvgIpc) is 2.62.